The van der Waals surface area contributed by atoms with Crippen molar-refractivity contribution in [1.82, 2.24) is 9.97 Å². The molecule has 0 spiro atoms. The van der Waals surface area contributed by atoms with Gasteiger partial charge in [-0.05, 0) is 101 Å². The van der Waals surface area contributed by atoms with Crippen molar-refractivity contribution in [1.29, 1.82) is 0 Å². The molecule has 7 heteroatoms. The number of nitrogens with one attached hydrogen (secondary N) is 2. The van der Waals surface area contributed by atoms with Crippen LogP contribution in [-0.4, -0.2) is 23.1 Å². The summed E-state index contributed by atoms with van der Waals surface area (Å²) in [5, 5.41) is 18.0. The van der Waals surface area contributed by atoms with Crippen molar-refractivity contribution in [3.8, 4) is 22.5 Å². The van der Waals surface area contributed by atoms with Crippen LogP contribution in [0.1, 0.15) is 160 Å². The fourth-order valence-corrected chi connectivity index (χ4v) is 10.5. The summed E-state index contributed by atoms with van der Waals surface area (Å²) in [5.41, 5.74) is 21.3. The van der Waals surface area contributed by atoms with Gasteiger partial charge in [0.1, 0.15) is 0 Å². The molecule has 2 aliphatic heterocycles. The summed E-state index contributed by atoms with van der Waals surface area (Å²) in [5.74, 6) is 1.61. The summed E-state index contributed by atoms with van der Waals surface area (Å²) >= 11 is 0. The number of aromatic nitrogens is 2. The molecule has 0 radical (unpaired) electrons. The molecule has 75 heavy (non-hydrogen) atoms. The number of aryl methyl sites for hydroxylation is 2. The number of para-hydroxylation sites is 4. The van der Waals surface area contributed by atoms with Gasteiger partial charge in [-0.3, -0.25) is 9.97 Å². The zero-order valence-electron chi connectivity index (χ0n) is 46.2. The maximum atomic E-state index is 5.48. The first-order chi connectivity index (χ1) is 35.0. The van der Waals surface area contributed by atoms with Crippen molar-refractivity contribution in [2.75, 3.05) is 23.7 Å². The van der Waals surface area contributed by atoms with Gasteiger partial charge in [0.25, 0.3) is 0 Å². The zero-order chi connectivity index (χ0) is 50.1. The first-order valence-electron chi connectivity index (χ1n) is 26.5. The van der Waals surface area contributed by atoms with E-state index in [2.05, 4.69) is 236 Å². The number of pyridine rings is 2. The van der Waals surface area contributed by atoms with Crippen LogP contribution >= 0.6 is 0 Å². The van der Waals surface area contributed by atoms with Crippen molar-refractivity contribution in [3.63, 3.8) is 0 Å². The minimum Gasteiger partial charge on any atom is -0.684 e. The van der Waals surface area contributed by atoms with E-state index in [9.17, 15) is 0 Å². The summed E-state index contributed by atoms with van der Waals surface area (Å²) in [6.07, 6.45) is 4.50. The number of rotatable bonds is 14. The molecule has 0 fully saturated rings. The standard InChI is InChI=1S/C33H37N3.C33H35N3.2CH3.Hf/c2*1-22(2)26-16-9-17-27(23(3)4)33(26)36-32(25-12-6-5-7-13-25)30-20-10-19-29(35-30)28-18-8-14-24-15-11-21-34-31(24)28;;;/h5-10,12-14,16-20,22-23,32,34,36H,11,15,21H2,1-4H3;5-10,12-14,16-20,22-23,32H,11,15,21H2,1-4H3;2*1H3;/q;-2;2*-1;. The van der Waals surface area contributed by atoms with Crippen molar-refractivity contribution in [2.45, 2.75) is 117 Å². The van der Waals surface area contributed by atoms with Crippen molar-refractivity contribution in [3.05, 3.63) is 251 Å². The third kappa shape index (κ3) is 13.4. The van der Waals surface area contributed by atoms with Crippen molar-refractivity contribution >= 4 is 22.7 Å². The molecule has 2 aromatic heterocycles. The smallest absolute Gasteiger partial charge is 0.0940 e. The van der Waals surface area contributed by atoms with Gasteiger partial charge in [-0.1, -0.05) is 230 Å². The minimum atomic E-state index is -0.194. The van der Waals surface area contributed by atoms with E-state index in [0.29, 0.717) is 23.7 Å². The topological polar surface area (TPSA) is 78.0 Å². The van der Waals surface area contributed by atoms with Gasteiger partial charge < -0.3 is 36.1 Å². The molecule has 2 N–H and O–H groups in total. The fourth-order valence-electron chi connectivity index (χ4n) is 10.5. The Morgan fingerprint density at radius 1 is 0.493 bits per heavy atom. The molecule has 0 saturated heterocycles. The zero-order valence-corrected chi connectivity index (χ0v) is 49.8. The van der Waals surface area contributed by atoms with Gasteiger partial charge in [0.15, 0.2) is 0 Å². The van der Waals surface area contributed by atoms with Crippen LogP contribution in [0.4, 0.5) is 22.7 Å². The second-order valence-corrected chi connectivity index (χ2v) is 20.7. The summed E-state index contributed by atoms with van der Waals surface area (Å²) < 4.78 is 0. The molecule has 4 heterocycles. The summed E-state index contributed by atoms with van der Waals surface area (Å²) in [4.78, 5) is 10.5. The van der Waals surface area contributed by atoms with E-state index in [0.717, 1.165) is 77.6 Å². The van der Waals surface area contributed by atoms with Crippen LogP contribution in [0, 0.1) is 14.9 Å². The van der Waals surface area contributed by atoms with Crippen LogP contribution < -0.4 is 10.6 Å². The molecule has 6 nitrogen and oxygen atoms in total. The molecular formula is C68H78HfN6-4. The van der Waals surface area contributed by atoms with Gasteiger partial charge in [-0.25, -0.2) is 0 Å². The van der Waals surface area contributed by atoms with E-state index >= 15 is 0 Å². The Kier molecular flexibility index (Phi) is 20.8. The van der Waals surface area contributed by atoms with Crippen LogP contribution in [0.5, 0.6) is 0 Å². The minimum absolute atomic E-state index is 0. The van der Waals surface area contributed by atoms with Gasteiger partial charge in [0.2, 0.25) is 0 Å². The fraction of sp³-hybridized carbons (Fsp3) is 0.294. The van der Waals surface area contributed by atoms with E-state index in [-0.39, 0.29) is 52.8 Å². The Bertz CT molecular complexity index is 2810. The number of nitrogens with zero attached hydrogens (tertiary/aromatic N) is 4. The molecule has 0 amide bonds. The van der Waals surface area contributed by atoms with Crippen LogP contribution in [-0.2, 0) is 38.7 Å². The second kappa shape index (κ2) is 27.0. The molecular weight excluding hydrogens is 1080 g/mol. The number of hydrogen-bond donors (Lipinski definition) is 2. The van der Waals surface area contributed by atoms with Crippen LogP contribution in [0.25, 0.3) is 33.1 Å². The number of hydrogen-bond acceptors (Lipinski definition) is 4. The second-order valence-electron chi connectivity index (χ2n) is 20.7. The molecule has 8 aromatic rings. The van der Waals surface area contributed by atoms with Crippen molar-refractivity contribution in [2.24, 2.45) is 0 Å². The van der Waals surface area contributed by atoms with Crippen LogP contribution in [0.3, 0.4) is 0 Å². The Hall–Kier alpha value is -6.31. The SMILES string of the molecule is CC(C)c1cccc(C(C)C)c1NC(c1ccccc1)c1cccc(-c2cccc3c2NCCC3)n1.CC(C)c1cccc(C(C)C)c1[N-]C(c1ccccc1)c1cccc(-c2cccc3c2[N-]CCC3)n1.[CH3-].[CH3-].[Hf]. The van der Waals surface area contributed by atoms with Gasteiger partial charge in [0.05, 0.1) is 23.1 Å². The maximum Gasteiger partial charge on any atom is 0.0940 e. The van der Waals surface area contributed by atoms with Crippen molar-refractivity contribution < 1.29 is 25.8 Å². The molecule has 388 valence electrons. The average molecular weight is 1160 g/mol. The Labute approximate surface area is 469 Å². The summed E-state index contributed by atoms with van der Waals surface area (Å²) in [6.45, 7) is 20.0. The van der Waals surface area contributed by atoms with Gasteiger partial charge in [-0.15, -0.1) is 17.9 Å². The molecule has 2 unspecified atom stereocenters. The van der Waals surface area contributed by atoms with Gasteiger partial charge >= 0.3 is 0 Å². The van der Waals surface area contributed by atoms with E-state index < -0.39 is 0 Å². The van der Waals surface area contributed by atoms with E-state index in [1.54, 1.807) is 0 Å². The van der Waals surface area contributed by atoms with E-state index in [1.807, 2.05) is 0 Å². The molecule has 0 bridgehead atoms. The molecule has 6 aromatic carbocycles. The normalized spacial score (nSPS) is 13.3. The molecule has 2 atom stereocenters. The molecule has 0 saturated carbocycles. The van der Waals surface area contributed by atoms with Crippen LogP contribution in [0.2, 0.25) is 0 Å². The predicted molar refractivity (Wildman–Crippen MR) is 318 cm³/mol. The quantitative estimate of drug-likeness (QED) is 0.0840. The summed E-state index contributed by atoms with van der Waals surface area (Å²) in [6, 6.07) is 60.2. The predicted octanol–water partition coefficient (Wildman–Crippen LogP) is 19.2. The number of fused-ring (bicyclic) bond motifs is 2. The Morgan fingerprint density at radius 2 is 0.987 bits per heavy atom. The number of anilines is 2. The monoisotopic (exact) mass is 1160 g/mol. The van der Waals surface area contributed by atoms with Gasteiger partial charge in [0, 0.05) is 55.0 Å². The maximum absolute atomic E-state index is 5.48. The Balaban J connectivity index is 0.000000234. The summed E-state index contributed by atoms with van der Waals surface area (Å²) in [7, 11) is 0. The first-order valence-corrected chi connectivity index (χ1v) is 26.5. The van der Waals surface area contributed by atoms with Crippen LogP contribution in [0.15, 0.2) is 170 Å². The molecule has 0 aliphatic carbocycles. The Morgan fingerprint density at radius 3 is 1.60 bits per heavy atom. The third-order valence-corrected chi connectivity index (χ3v) is 14.2. The number of benzene rings is 6. The largest absolute Gasteiger partial charge is 0.684 e. The third-order valence-electron chi connectivity index (χ3n) is 14.2. The average Bonchev–Trinajstić information content (AvgIpc) is 3.41. The molecule has 2 aliphatic rings. The van der Waals surface area contributed by atoms with E-state index in [1.165, 1.54) is 62.3 Å². The molecule has 10 rings (SSSR count). The van der Waals surface area contributed by atoms with Gasteiger partial charge in [-0.2, -0.15) is 0 Å². The van der Waals surface area contributed by atoms with E-state index in [4.69, 9.17) is 20.6 Å². The first kappa shape index (κ1) is 58.0.